The van der Waals surface area contributed by atoms with Crippen molar-refractivity contribution in [3.05, 3.63) is 29.8 Å². The first-order valence-electron chi connectivity index (χ1n) is 5.83. The van der Waals surface area contributed by atoms with Crippen molar-refractivity contribution in [3.63, 3.8) is 0 Å². The fourth-order valence-electron chi connectivity index (χ4n) is 2.63. The summed E-state index contributed by atoms with van der Waals surface area (Å²) in [4.78, 5) is 2.28. The van der Waals surface area contributed by atoms with E-state index < -0.39 is 0 Å². The minimum Gasteiger partial charge on any atom is -0.508 e. The molecule has 0 spiro atoms. The summed E-state index contributed by atoms with van der Waals surface area (Å²) in [5.74, 6) is 0.359. The summed E-state index contributed by atoms with van der Waals surface area (Å²) in [6.07, 6.45) is 2.17. The molecule has 1 saturated heterocycles. The summed E-state index contributed by atoms with van der Waals surface area (Å²) >= 11 is 0. The molecule has 0 aromatic heterocycles. The average Bonchev–Trinajstić information content (AvgIpc) is 2.30. The van der Waals surface area contributed by atoms with Crippen molar-refractivity contribution in [1.82, 2.24) is 10.2 Å². The van der Waals surface area contributed by atoms with E-state index in [4.69, 9.17) is 0 Å². The number of nitrogens with zero attached hydrogens (tertiary/aromatic N) is 1. The van der Waals surface area contributed by atoms with Gasteiger partial charge in [0.05, 0.1) is 0 Å². The summed E-state index contributed by atoms with van der Waals surface area (Å²) in [5, 5.41) is 13.0. The number of hydrogen-bond donors (Lipinski definition) is 2. The zero-order chi connectivity index (χ0) is 11.6. The second-order valence-corrected chi connectivity index (χ2v) is 4.73. The van der Waals surface area contributed by atoms with Crippen LogP contribution in [-0.4, -0.2) is 37.2 Å². The van der Waals surface area contributed by atoms with Gasteiger partial charge in [-0.05, 0) is 57.7 Å². The van der Waals surface area contributed by atoms with Gasteiger partial charge in [0.15, 0.2) is 0 Å². The molecule has 0 amide bonds. The van der Waals surface area contributed by atoms with E-state index in [9.17, 15) is 5.11 Å². The lowest BCUT2D eigenvalue weighted by Crippen LogP contribution is -2.49. The van der Waals surface area contributed by atoms with E-state index in [1.165, 1.54) is 5.56 Å². The molecule has 1 aromatic rings. The number of aromatic hydroxyl groups is 1. The van der Waals surface area contributed by atoms with Crippen LogP contribution < -0.4 is 5.32 Å². The first kappa shape index (κ1) is 11.4. The molecule has 0 bridgehead atoms. The Hall–Kier alpha value is -1.06. The van der Waals surface area contributed by atoms with Crippen LogP contribution in [0.25, 0.3) is 0 Å². The molecule has 0 atom stereocenters. The third kappa shape index (κ3) is 1.93. The van der Waals surface area contributed by atoms with Gasteiger partial charge in [0.1, 0.15) is 5.75 Å². The maximum atomic E-state index is 9.61. The van der Waals surface area contributed by atoms with Crippen molar-refractivity contribution in [1.29, 1.82) is 0 Å². The van der Waals surface area contributed by atoms with Gasteiger partial charge >= 0.3 is 0 Å². The molecule has 0 saturated carbocycles. The highest BCUT2D eigenvalue weighted by Gasteiger charge is 2.35. The maximum absolute atomic E-state index is 9.61. The van der Waals surface area contributed by atoms with Gasteiger partial charge in [0.25, 0.3) is 0 Å². The zero-order valence-corrected chi connectivity index (χ0v) is 10.0. The summed E-state index contributed by atoms with van der Waals surface area (Å²) in [7, 11) is 4.24. The Morgan fingerprint density at radius 3 is 2.50 bits per heavy atom. The minimum absolute atomic E-state index is 0.0734. The molecule has 3 nitrogen and oxygen atoms in total. The monoisotopic (exact) mass is 220 g/mol. The highest BCUT2D eigenvalue weighted by Crippen LogP contribution is 2.36. The van der Waals surface area contributed by atoms with E-state index in [1.54, 1.807) is 6.07 Å². The third-order valence-electron chi connectivity index (χ3n) is 3.67. The van der Waals surface area contributed by atoms with Crippen molar-refractivity contribution in [2.24, 2.45) is 0 Å². The fraction of sp³-hybridized carbons (Fsp3) is 0.538. The van der Waals surface area contributed by atoms with Crippen LogP contribution in [0.3, 0.4) is 0 Å². The van der Waals surface area contributed by atoms with Crippen molar-refractivity contribution in [2.45, 2.75) is 18.4 Å². The topological polar surface area (TPSA) is 35.5 Å². The molecule has 0 unspecified atom stereocenters. The quantitative estimate of drug-likeness (QED) is 0.793. The molecule has 0 aliphatic carbocycles. The first-order valence-corrected chi connectivity index (χ1v) is 5.83. The minimum atomic E-state index is 0.0734. The van der Waals surface area contributed by atoms with E-state index >= 15 is 0 Å². The molecule has 1 aliphatic rings. The largest absolute Gasteiger partial charge is 0.508 e. The van der Waals surface area contributed by atoms with Crippen LogP contribution in [0.4, 0.5) is 0 Å². The van der Waals surface area contributed by atoms with Crippen LogP contribution in [0.5, 0.6) is 5.75 Å². The smallest absolute Gasteiger partial charge is 0.115 e. The first-order chi connectivity index (χ1) is 7.65. The molecular formula is C13H20N2O. The Bertz CT molecular complexity index is 357. The molecule has 16 heavy (non-hydrogen) atoms. The van der Waals surface area contributed by atoms with Crippen molar-refractivity contribution in [2.75, 3.05) is 27.2 Å². The highest BCUT2D eigenvalue weighted by atomic mass is 16.3. The molecular weight excluding hydrogens is 200 g/mol. The Labute approximate surface area is 97.1 Å². The summed E-state index contributed by atoms with van der Waals surface area (Å²) in [5.41, 5.74) is 1.29. The molecule has 0 radical (unpaired) electrons. The number of phenolic OH excluding ortho intramolecular Hbond substituents is 1. The Morgan fingerprint density at radius 2 is 1.94 bits per heavy atom. The SMILES string of the molecule is CN(C)C1(c2cccc(O)c2)CCNCC1. The van der Waals surface area contributed by atoms with E-state index in [-0.39, 0.29) is 5.54 Å². The fourth-order valence-corrected chi connectivity index (χ4v) is 2.63. The van der Waals surface area contributed by atoms with E-state index in [2.05, 4.69) is 30.4 Å². The number of rotatable bonds is 2. The molecule has 1 heterocycles. The second-order valence-electron chi connectivity index (χ2n) is 4.73. The average molecular weight is 220 g/mol. The van der Waals surface area contributed by atoms with E-state index in [0.717, 1.165) is 25.9 Å². The van der Waals surface area contributed by atoms with E-state index in [0.29, 0.717) is 5.75 Å². The van der Waals surface area contributed by atoms with Crippen molar-refractivity contribution < 1.29 is 5.11 Å². The number of benzene rings is 1. The summed E-state index contributed by atoms with van der Waals surface area (Å²) < 4.78 is 0. The molecule has 88 valence electrons. The van der Waals surface area contributed by atoms with Gasteiger partial charge in [-0.2, -0.15) is 0 Å². The molecule has 2 rings (SSSR count). The Kier molecular flexibility index (Phi) is 3.17. The number of phenols is 1. The van der Waals surface area contributed by atoms with Gasteiger partial charge in [-0.1, -0.05) is 12.1 Å². The zero-order valence-electron chi connectivity index (χ0n) is 10.0. The molecule has 1 aromatic carbocycles. The number of piperidine rings is 1. The van der Waals surface area contributed by atoms with Crippen LogP contribution in [0.15, 0.2) is 24.3 Å². The van der Waals surface area contributed by atoms with Crippen LogP contribution in [-0.2, 0) is 5.54 Å². The summed E-state index contributed by atoms with van der Waals surface area (Å²) in [6.45, 7) is 2.07. The standard InChI is InChI=1S/C13H20N2O/c1-15(2)13(6-8-14-9-7-13)11-4-3-5-12(16)10-11/h3-5,10,14,16H,6-9H2,1-2H3. The maximum Gasteiger partial charge on any atom is 0.115 e. The third-order valence-corrected chi connectivity index (χ3v) is 3.67. The van der Waals surface area contributed by atoms with Gasteiger partial charge in [-0.15, -0.1) is 0 Å². The highest BCUT2D eigenvalue weighted by molar-refractivity contribution is 5.33. The lowest BCUT2D eigenvalue weighted by atomic mass is 9.80. The van der Waals surface area contributed by atoms with Gasteiger partial charge < -0.3 is 10.4 Å². The predicted octanol–water partition coefficient (Wildman–Crippen LogP) is 1.53. The summed E-state index contributed by atoms with van der Waals surface area (Å²) in [6, 6.07) is 7.67. The van der Waals surface area contributed by atoms with Crippen LogP contribution >= 0.6 is 0 Å². The Morgan fingerprint density at radius 1 is 1.25 bits per heavy atom. The van der Waals surface area contributed by atoms with E-state index in [1.807, 2.05) is 12.1 Å². The lowest BCUT2D eigenvalue weighted by molar-refractivity contribution is 0.107. The Balaban J connectivity index is 2.38. The number of hydrogen-bond acceptors (Lipinski definition) is 3. The second kappa shape index (κ2) is 4.44. The molecule has 2 N–H and O–H groups in total. The van der Waals surface area contributed by atoms with Crippen molar-refractivity contribution >= 4 is 0 Å². The number of nitrogens with one attached hydrogen (secondary N) is 1. The van der Waals surface area contributed by atoms with Gasteiger partial charge in [0, 0.05) is 5.54 Å². The lowest BCUT2D eigenvalue weighted by Gasteiger charge is -2.43. The van der Waals surface area contributed by atoms with Crippen LogP contribution in [0, 0.1) is 0 Å². The van der Waals surface area contributed by atoms with Crippen LogP contribution in [0.2, 0.25) is 0 Å². The normalized spacial score (nSPS) is 19.9. The molecule has 1 aliphatic heterocycles. The van der Waals surface area contributed by atoms with Crippen LogP contribution in [0.1, 0.15) is 18.4 Å². The van der Waals surface area contributed by atoms with Crippen molar-refractivity contribution in [3.8, 4) is 5.75 Å². The van der Waals surface area contributed by atoms with Gasteiger partial charge in [0.2, 0.25) is 0 Å². The molecule has 1 fully saturated rings. The van der Waals surface area contributed by atoms with Gasteiger partial charge in [-0.25, -0.2) is 0 Å². The predicted molar refractivity (Wildman–Crippen MR) is 65.6 cm³/mol. The van der Waals surface area contributed by atoms with Gasteiger partial charge in [-0.3, -0.25) is 4.90 Å². The molecule has 3 heteroatoms.